The van der Waals surface area contributed by atoms with E-state index in [4.69, 9.17) is 4.74 Å². The lowest BCUT2D eigenvalue weighted by atomic mass is 10.2. The molecule has 0 spiro atoms. The molecule has 1 aliphatic carbocycles. The molecule has 4 heteroatoms. The topological polar surface area (TPSA) is 41.6 Å². The summed E-state index contributed by atoms with van der Waals surface area (Å²) in [4.78, 5) is 14.0. The number of nitrogens with one attached hydrogen (secondary N) is 1. The van der Waals surface area contributed by atoms with Crippen LogP contribution >= 0.6 is 0 Å². The maximum atomic E-state index is 12.1. The molecule has 0 unspecified atom stereocenters. The number of nitrogens with zero attached hydrogens (tertiary/aromatic N) is 1. The number of hydrogen-bond acceptors (Lipinski definition) is 3. The van der Waals surface area contributed by atoms with Crippen LogP contribution in [0.5, 0.6) is 5.75 Å². The van der Waals surface area contributed by atoms with Gasteiger partial charge in [0.25, 0.3) is 0 Å². The predicted molar refractivity (Wildman–Crippen MR) is 68.4 cm³/mol. The van der Waals surface area contributed by atoms with Crippen molar-refractivity contribution < 1.29 is 9.53 Å². The van der Waals surface area contributed by atoms with E-state index in [0.717, 1.165) is 11.3 Å². The van der Waals surface area contributed by atoms with Crippen LogP contribution in [0.1, 0.15) is 18.4 Å². The van der Waals surface area contributed by atoms with Crippen LogP contribution in [0.2, 0.25) is 0 Å². The van der Waals surface area contributed by atoms with Gasteiger partial charge in [-0.2, -0.15) is 0 Å². The van der Waals surface area contributed by atoms with Crippen LogP contribution in [-0.2, 0) is 11.3 Å². The van der Waals surface area contributed by atoms with Gasteiger partial charge in [0.05, 0.1) is 13.1 Å². The molecule has 0 saturated heterocycles. The van der Waals surface area contributed by atoms with Crippen molar-refractivity contribution in [2.45, 2.75) is 25.4 Å². The average molecular weight is 246 g/mol. The van der Waals surface area contributed by atoms with Crippen LogP contribution in [0.4, 0.5) is 0 Å². The number of para-hydroxylation sites is 1. The summed E-state index contributed by atoms with van der Waals surface area (Å²) in [5.74, 6) is 1.07. The molecule has 1 aromatic carbocycles. The van der Waals surface area contributed by atoms with Crippen molar-refractivity contribution in [2.75, 3.05) is 19.7 Å². The van der Waals surface area contributed by atoms with Gasteiger partial charge < -0.3 is 15.0 Å². The summed E-state index contributed by atoms with van der Waals surface area (Å²) in [6, 6.07) is 8.51. The number of carbonyl (C=O) groups excluding carboxylic acids is 1. The minimum absolute atomic E-state index is 0.169. The standard InChI is InChI=1S/C14H18N2O2/c17-14(9-15-12-5-6-12)16-7-8-18-13-4-2-1-3-11(13)10-16/h1-4,12,15H,5-10H2. The van der Waals surface area contributed by atoms with E-state index in [-0.39, 0.29) is 5.91 Å². The first kappa shape index (κ1) is 11.5. The highest BCUT2D eigenvalue weighted by Crippen LogP contribution is 2.22. The molecule has 1 amide bonds. The number of ether oxygens (including phenoxy) is 1. The number of amides is 1. The quantitative estimate of drug-likeness (QED) is 0.870. The molecular weight excluding hydrogens is 228 g/mol. The van der Waals surface area contributed by atoms with E-state index in [1.165, 1.54) is 12.8 Å². The van der Waals surface area contributed by atoms with Crippen LogP contribution in [0, 0.1) is 0 Å². The molecular formula is C14H18N2O2. The Bertz CT molecular complexity index is 443. The molecule has 0 bridgehead atoms. The molecule has 0 radical (unpaired) electrons. The normalized spacial score (nSPS) is 18.8. The molecule has 1 N–H and O–H groups in total. The summed E-state index contributed by atoms with van der Waals surface area (Å²) in [5.41, 5.74) is 1.09. The third-order valence-corrected chi connectivity index (χ3v) is 3.42. The molecule has 1 aromatic rings. The first-order valence-corrected chi connectivity index (χ1v) is 6.55. The smallest absolute Gasteiger partial charge is 0.236 e. The van der Waals surface area contributed by atoms with Crippen molar-refractivity contribution in [3.05, 3.63) is 29.8 Å². The van der Waals surface area contributed by atoms with Gasteiger partial charge in [0.15, 0.2) is 0 Å². The number of rotatable bonds is 3. The second kappa shape index (κ2) is 4.98. The van der Waals surface area contributed by atoms with E-state index in [1.807, 2.05) is 29.2 Å². The molecule has 2 aliphatic rings. The molecule has 96 valence electrons. The number of benzene rings is 1. The minimum Gasteiger partial charge on any atom is -0.491 e. The Morgan fingerprint density at radius 2 is 2.22 bits per heavy atom. The van der Waals surface area contributed by atoms with Crippen LogP contribution in [0.3, 0.4) is 0 Å². The largest absolute Gasteiger partial charge is 0.491 e. The van der Waals surface area contributed by atoms with Gasteiger partial charge in [-0.3, -0.25) is 4.79 Å². The van der Waals surface area contributed by atoms with E-state index >= 15 is 0 Å². The first-order valence-electron chi connectivity index (χ1n) is 6.55. The molecule has 1 saturated carbocycles. The molecule has 18 heavy (non-hydrogen) atoms. The molecule has 0 aromatic heterocycles. The third kappa shape index (κ3) is 2.64. The van der Waals surface area contributed by atoms with Gasteiger partial charge in [-0.25, -0.2) is 0 Å². The Morgan fingerprint density at radius 3 is 3.06 bits per heavy atom. The lowest BCUT2D eigenvalue weighted by Crippen LogP contribution is -2.39. The number of carbonyl (C=O) groups is 1. The summed E-state index contributed by atoms with van der Waals surface area (Å²) < 4.78 is 5.65. The lowest BCUT2D eigenvalue weighted by molar-refractivity contribution is -0.131. The van der Waals surface area contributed by atoms with E-state index in [0.29, 0.717) is 32.3 Å². The zero-order valence-corrected chi connectivity index (χ0v) is 10.4. The molecule has 1 fully saturated rings. The van der Waals surface area contributed by atoms with E-state index in [1.54, 1.807) is 0 Å². The maximum absolute atomic E-state index is 12.1. The van der Waals surface area contributed by atoms with Crippen LogP contribution in [0.15, 0.2) is 24.3 Å². The summed E-state index contributed by atoms with van der Waals surface area (Å²) in [5, 5.41) is 3.27. The number of fused-ring (bicyclic) bond motifs is 1. The Morgan fingerprint density at radius 1 is 1.39 bits per heavy atom. The van der Waals surface area contributed by atoms with Gasteiger partial charge >= 0.3 is 0 Å². The Hall–Kier alpha value is -1.55. The number of hydrogen-bond donors (Lipinski definition) is 1. The van der Waals surface area contributed by atoms with Crippen molar-refractivity contribution in [3.8, 4) is 5.75 Å². The third-order valence-electron chi connectivity index (χ3n) is 3.42. The molecule has 3 rings (SSSR count). The van der Waals surface area contributed by atoms with Crippen LogP contribution in [-0.4, -0.2) is 36.5 Å². The fraction of sp³-hybridized carbons (Fsp3) is 0.500. The maximum Gasteiger partial charge on any atom is 0.236 e. The Kier molecular flexibility index (Phi) is 3.19. The summed E-state index contributed by atoms with van der Waals surface area (Å²) in [7, 11) is 0. The van der Waals surface area contributed by atoms with Crippen molar-refractivity contribution in [3.63, 3.8) is 0 Å². The van der Waals surface area contributed by atoms with Gasteiger partial charge in [-0.05, 0) is 18.9 Å². The minimum atomic E-state index is 0.169. The van der Waals surface area contributed by atoms with E-state index in [9.17, 15) is 4.79 Å². The fourth-order valence-electron chi connectivity index (χ4n) is 2.17. The van der Waals surface area contributed by atoms with Crippen LogP contribution in [0.25, 0.3) is 0 Å². The SMILES string of the molecule is O=C(CNC1CC1)N1CCOc2ccccc2C1. The lowest BCUT2D eigenvalue weighted by Gasteiger charge is -2.20. The molecule has 1 heterocycles. The zero-order chi connectivity index (χ0) is 12.4. The summed E-state index contributed by atoms with van der Waals surface area (Å²) in [6.07, 6.45) is 2.42. The Balaban J connectivity index is 1.64. The fourth-order valence-corrected chi connectivity index (χ4v) is 2.17. The molecule has 0 atom stereocenters. The van der Waals surface area contributed by atoms with E-state index in [2.05, 4.69) is 5.32 Å². The van der Waals surface area contributed by atoms with Crippen LogP contribution < -0.4 is 10.1 Å². The summed E-state index contributed by atoms with van der Waals surface area (Å²) in [6.45, 7) is 2.35. The van der Waals surface area contributed by atoms with Gasteiger partial charge in [-0.15, -0.1) is 0 Å². The second-order valence-corrected chi connectivity index (χ2v) is 4.93. The average Bonchev–Trinajstić information content (AvgIpc) is 3.21. The predicted octanol–water partition coefficient (Wildman–Crippen LogP) is 1.16. The summed E-state index contributed by atoms with van der Waals surface area (Å²) >= 11 is 0. The van der Waals surface area contributed by atoms with Crippen molar-refractivity contribution in [1.29, 1.82) is 0 Å². The second-order valence-electron chi connectivity index (χ2n) is 4.93. The van der Waals surface area contributed by atoms with Gasteiger partial charge in [0.2, 0.25) is 5.91 Å². The van der Waals surface area contributed by atoms with Crippen molar-refractivity contribution in [2.24, 2.45) is 0 Å². The van der Waals surface area contributed by atoms with Crippen molar-refractivity contribution in [1.82, 2.24) is 10.2 Å². The molecule has 4 nitrogen and oxygen atoms in total. The van der Waals surface area contributed by atoms with Gasteiger partial charge in [-0.1, -0.05) is 18.2 Å². The highest BCUT2D eigenvalue weighted by atomic mass is 16.5. The van der Waals surface area contributed by atoms with E-state index < -0.39 is 0 Å². The Labute approximate surface area is 107 Å². The molecule has 1 aliphatic heterocycles. The van der Waals surface area contributed by atoms with Gasteiger partial charge in [0, 0.05) is 18.2 Å². The highest BCUT2D eigenvalue weighted by Gasteiger charge is 2.24. The highest BCUT2D eigenvalue weighted by molar-refractivity contribution is 5.78. The first-order chi connectivity index (χ1) is 8.83. The zero-order valence-electron chi connectivity index (χ0n) is 10.4. The van der Waals surface area contributed by atoms with Gasteiger partial charge in [0.1, 0.15) is 12.4 Å². The monoisotopic (exact) mass is 246 g/mol. The van der Waals surface area contributed by atoms with Crippen molar-refractivity contribution >= 4 is 5.91 Å².